The molecule has 1 aromatic rings. The van der Waals surface area contributed by atoms with Crippen molar-refractivity contribution < 1.29 is 32.2 Å². The molecule has 0 heterocycles. The molecule has 0 saturated heterocycles. The van der Waals surface area contributed by atoms with Crippen LogP contribution in [-0.2, 0) is 10.1 Å². The second-order valence-electron chi connectivity index (χ2n) is 3.34. The van der Waals surface area contributed by atoms with E-state index >= 15 is 0 Å². The summed E-state index contributed by atoms with van der Waals surface area (Å²) < 4.78 is 31.2. The maximum atomic E-state index is 11.0. The van der Waals surface area contributed by atoms with Crippen molar-refractivity contribution in [1.82, 2.24) is 0 Å². The quantitative estimate of drug-likeness (QED) is 0.474. The summed E-state index contributed by atoms with van der Waals surface area (Å²) in [6, 6.07) is 1.83. The van der Waals surface area contributed by atoms with Crippen LogP contribution < -0.4 is 8.92 Å². The standard InChI is InChI=1S/C9H9NO8S/c1-17-8-6(18-19(2,15)16)4-3-5(9(11)12)7(8)10(13)14/h3-4H,1-2H3,(H,11,12). The second-order valence-corrected chi connectivity index (χ2v) is 4.92. The lowest BCUT2D eigenvalue weighted by molar-refractivity contribution is -0.386. The van der Waals surface area contributed by atoms with E-state index in [-0.39, 0.29) is 0 Å². The van der Waals surface area contributed by atoms with Gasteiger partial charge in [-0.1, -0.05) is 0 Å². The molecule has 0 saturated carbocycles. The van der Waals surface area contributed by atoms with E-state index in [2.05, 4.69) is 8.92 Å². The van der Waals surface area contributed by atoms with Gasteiger partial charge in [0, 0.05) is 0 Å². The molecule has 9 nitrogen and oxygen atoms in total. The number of ether oxygens (including phenoxy) is 1. The number of nitro groups is 1. The summed E-state index contributed by atoms with van der Waals surface area (Å²) in [5.74, 6) is -2.58. The number of methoxy groups -OCH3 is 1. The van der Waals surface area contributed by atoms with Crippen LogP contribution in [0.25, 0.3) is 0 Å². The highest BCUT2D eigenvalue weighted by atomic mass is 32.2. The van der Waals surface area contributed by atoms with Gasteiger partial charge in [-0.2, -0.15) is 8.42 Å². The van der Waals surface area contributed by atoms with Gasteiger partial charge in [-0.3, -0.25) is 10.1 Å². The number of benzene rings is 1. The lowest BCUT2D eigenvalue weighted by Gasteiger charge is -2.10. The van der Waals surface area contributed by atoms with E-state index in [9.17, 15) is 23.3 Å². The third-order valence-electron chi connectivity index (χ3n) is 1.95. The van der Waals surface area contributed by atoms with E-state index in [0.717, 1.165) is 25.5 Å². The predicted molar refractivity (Wildman–Crippen MR) is 62.1 cm³/mol. The molecule has 0 spiro atoms. The Bertz CT molecular complexity index is 636. The lowest BCUT2D eigenvalue weighted by Crippen LogP contribution is -2.10. The summed E-state index contributed by atoms with van der Waals surface area (Å²) in [5, 5.41) is 19.7. The van der Waals surface area contributed by atoms with Crippen molar-refractivity contribution >= 4 is 21.8 Å². The SMILES string of the molecule is COc1c(OS(C)(=O)=O)ccc(C(=O)O)c1[N+](=O)[O-]. The molecule has 19 heavy (non-hydrogen) atoms. The number of rotatable bonds is 5. The minimum absolute atomic E-state index is 0.457. The Morgan fingerprint density at radius 1 is 1.42 bits per heavy atom. The zero-order chi connectivity index (χ0) is 14.8. The Kier molecular flexibility index (Phi) is 3.95. The molecule has 0 fully saturated rings. The zero-order valence-electron chi connectivity index (χ0n) is 9.82. The largest absolute Gasteiger partial charge is 0.488 e. The summed E-state index contributed by atoms with van der Waals surface area (Å²) in [5.41, 5.74) is -1.51. The van der Waals surface area contributed by atoms with Gasteiger partial charge in [-0.25, -0.2) is 4.79 Å². The molecule has 10 heteroatoms. The van der Waals surface area contributed by atoms with Gasteiger partial charge < -0.3 is 14.0 Å². The Morgan fingerprint density at radius 3 is 2.37 bits per heavy atom. The van der Waals surface area contributed by atoms with Gasteiger partial charge in [-0.05, 0) is 12.1 Å². The molecule has 1 aromatic carbocycles. The van der Waals surface area contributed by atoms with Crippen LogP contribution in [-0.4, -0.2) is 37.8 Å². The summed E-state index contributed by atoms with van der Waals surface area (Å²) in [6.07, 6.45) is 0.739. The van der Waals surface area contributed by atoms with Crippen molar-refractivity contribution in [2.75, 3.05) is 13.4 Å². The highest BCUT2D eigenvalue weighted by Gasteiger charge is 2.30. The van der Waals surface area contributed by atoms with Gasteiger partial charge in [0.25, 0.3) is 0 Å². The number of hydrogen-bond donors (Lipinski definition) is 1. The first-order valence-electron chi connectivity index (χ1n) is 4.65. The first kappa shape index (κ1) is 14.7. The number of carbonyl (C=O) groups is 1. The molecule has 0 aliphatic rings. The van der Waals surface area contributed by atoms with Gasteiger partial charge >= 0.3 is 21.8 Å². The monoisotopic (exact) mass is 291 g/mol. The maximum absolute atomic E-state index is 11.0. The Morgan fingerprint density at radius 2 is 2.00 bits per heavy atom. The smallest absolute Gasteiger partial charge is 0.342 e. The fourth-order valence-corrected chi connectivity index (χ4v) is 1.79. The van der Waals surface area contributed by atoms with Crippen LogP contribution in [0.2, 0.25) is 0 Å². The summed E-state index contributed by atoms with van der Waals surface area (Å²) in [7, 11) is -2.90. The highest BCUT2D eigenvalue weighted by molar-refractivity contribution is 7.86. The number of nitro benzene ring substituents is 1. The van der Waals surface area contributed by atoms with Crippen LogP contribution in [0.4, 0.5) is 5.69 Å². The molecule has 0 atom stereocenters. The number of nitrogens with zero attached hydrogens (tertiary/aromatic N) is 1. The molecule has 0 unspecified atom stereocenters. The molecule has 0 amide bonds. The van der Waals surface area contributed by atoms with E-state index < -0.39 is 43.8 Å². The van der Waals surface area contributed by atoms with E-state index in [0.29, 0.717) is 0 Å². The zero-order valence-corrected chi connectivity index (χ0v) is 10.6. The van der Waals surface area contributed by atoms with Crippen molar-refractivity contribution in [3.05, 3.63) is 27.8 Å². The summed E-state index contributed by atoms with van der Waals surface area (Å²) >= 11 is 0. The lowest BCUT2D eigenvalue weighted by atomic mass is 10.1. The molecule has 0 aromatic heterocycles. The minimum Gasteiger partial charge on any atom is -0.488 e. The first-order valence-corrected chi connectivity index (χ1v) is 6.47. The van der Waals surface area contributed by atoms with Crippen LogP contribution in [0.3, 0.4) is 0 Å². The third-order valence-corrected chi connectivity index (χ3v) is 2.44. The first-order chi connectivity index (χ1) is 8.67. The number of carboxylic acid groups (broad SMARTS) is 1. The van der Waals surface area contributed by atoms with Gasteiger partial charge in [-0.15, -0.1) is 0 Å². The normalized spacial score (nSPS) is 10.8. The van der Waals surface area contributed by atoms with E-state index in [4.69, 9.17) is 5.11 Å². The van der Waals surface area contributed by atoms with Crippen LogP contribution in [0.15, 0.2) is 12.1 Å². The van der Waals surface area contributed by atoms with Crippen LogP contribution in [0.5, 0.6) is 11.5 Å². The molecule has 0 bridgehead atoms. The summed E-state index contributed by atoms with van der Waals surface area (Å²) in [4.78, 5) is 20.8. The minimum atomic E-state index is -3.94. The van der Waals surface area contributed by atoms with Crippen molar-refractivity contribution in [3.63, 3.8) is 0 Å². The Balaban J connectivity index is 3.58. The molecular weight excluding hydrogens is 282 g/mol. The number of aromatic carboxylic acids is 1. The van der Waals surface area contributed by atoms with Crippen molar-refractivity contribution in [3.8, 4) is 11.5 Å². The van der Waals surface area contributed by atoms with Crippen LogP contribution in [0, 0.1) is 10.1 Å². The van der Waals surface area contributed by atoms with Gasteiger partial charge in [0.2, 0.25) is 5.75 Å². The molecule has 0 aliphatic heterocycles. The number of carboxylic acids is 1. The van der Waals surface area contributed by atoms with Gasteiger partial charge in [0.05, 0.1) is 18.3 Å². The average Bonchev–Trinajstić information content (AvgIpc) is 2.25. The molecule has 104 valence electrons. The molecule has 0 radical (unpaired) electrons. The predicted octanol–water partition coefficient (Wildman–Crippen LogP) is 0.640. The van der Waals surface area contributed by atoms with Gasteiger partial charge in [0.1, 0.15) is 5.56 Å². The fraction of sp³-hybridized carbons (Fsp3) is 0.222. The third kappa shape index (κ3) is 3.31. The van der Waals surface area contributed by atoms with E-state index in [1.807, 2.05) is 0 Å². The molecule has 1 rings (SSSR count). The van der Waals surface area contributed by atoms with Gasteiger partial charge in [0.15, 0.2) is 5.75 Å². The molecular formula is C9H9NO8S. The van der Waals surface area contributed by atoms with Crippen molar-refractivity contribution in [1.29, 1.82) is 0 Å². The topological polar surface area (TPSA) is 133 Å². The molecule has 0 aliphatic carbocycles. The van der Waals surface area contributed by atoms with E-state index in [1.165, 1.54) is 0 Å². The van der Waals surface area contributed by atoms with Crippen molar-refractivity contribution in [2.24, 2.45) is 0 Å². The van der Waals surface area contributed by atoms with Crippen LogP contribution in [0.1, 0.15) is 10.4 Å². The summed E-state index contributed by atoms with van der Waals surface area (Å²) in [6.45, 7) is 0. The highest BCUT2D eigenvalue weighted by Crippen LogP contribution is 2.40. The maximum Gasteiger partial charge on any atom is 0.342 e. The molecule has 1 N–H and O–H groups in total. The Labute approximate surface area is 107 Å². The number of hydrogen-bond acceptors (Lipinski definition) is 7. The second kappa shape index (κ2) is 5.10. The van der Waals surface area contributed by atoms with Crippen LogP contribution >= 0.6 is 0 Å². The van der Waals surface area contributed by atoms with E-state index in [1.54, 1.807) is 0 Å². The average molecular weight is 291 g/mol. The van der Waals surface area contributed by atoms with Crippen molar-refractivity contribution in [2.45, 2.75) is 0 Å². The Hall–Kier alpha value is -2.36. The fourth-order valence-electron chi connectivity index (χ4n) is 1.33.